The first kappa shape index (κ1) is 26.5. The number of aromatic hydroxyl groups is 1. The van der Waals surface area contributed by atoms with Crippen LogP contribution in [0.5, 0.6) is 23.4 Å². The fraction of sp³-hybridized carbons (Fsp3) is 0.346. The number of phenols is 1. The topological polar surface area (TPSA) is 130 Å². The van der Waals surface area contributed by atoms with E-state index in [0.717, 1.165) is 37.8 Å². The Balaban J connectivity index is 1.75. The fourth-order valence-corrected chi connectivity index (χ4v) is 4.61. The molecule has 0 atom stereocenters. The Labute approximate surface area is 220 Å². The summed E-state index contributed by atoms with van der Waals surface area (Å²) in [4.78, 5) is 14.7. The molecule has 0 unspecified atom stereocenters. The molecular weight excluding hydrogens is 521 g/mol. The molecule has 3 heterocycles. The number of phenolic OH excluding ortho intramolecular Hbond substituents is 1. The van der Waals surface area contributed by atoms with Gasteiger partial charge < -0.3 is 34.4 Å². The number of aromatic nitrogens is 3. The van der Waals surface area contributed by atoms with Crippen LogP contribution < -0.4 is 19.1 Å². The maximum atomic E-state index is 16.2. The number of rotatable bonds is 9. The number of nitrogens with zero attached hydrogens (tertiary/aromatic N) is 4. The molecular formula is C26H25F3N4O6. The number of anilines is 1. The standard InChI is InChI=1S/C26H25F3N4O6/c1-3-4-5-6-9-33-12-38-24-18-21(31-25(37-2)32-23(18)33)19(28)20(30-24)15-11-14(34)10-13-7-8-16(27)22(17(13)15)39-26(29,35)36/h7-8,10-11,34-36H,3-6,9,12H2,1-2H3. The van der Waals surface area contributed by atoms with Crippen LogP contribution in [0.2, 0.25) is 0 Å². The van der Waals surface area contributed by atoms with E-state index in [1.807, 2.05) is 4.90 Å². The lowest BCUT2D eigenvalue weighted by molar-refractivity contribution is -0.375. The number of unbranched alkanes of at least 4 members (excludes halogenated alkanes) is 3. The summed E-state index contributed by atoms with van der Waals surface area (Å²) in [6.07, 6.45) is -0.279. The van der Waals surface area contributed by atoms with Gasteiger partial charge in [-0.2, -0.15) is 9.97 Å². The number of fused-ring (bicyclic) bond motifs is 1. The van der Waals surface area contributed by atoms with Crippen molar-refractivity contribution in [1.82, 2.24) is 15.0 Å². The third kappa shape index (κ3) is 5.02. The van der Waals surface area contributed by atoms with E-state index in [9.17, 15) is 13.9 Å². The average Bonchev–Trinajstić information content (AvgIpc) is 2.89. The van der Waals surface area contributed by atoms with Crippen LogP contribution >= 0.6 is 0 Å². The highest BCUT2D eigenvalue weighted by molar-refractivity contribution is 6.04. The molecule has 0 radical (unpaired) electrons. The zero-order valence-electron chi connectivity index (χ0n) is 21.0. The average molecular weight is 547 g/mol. The van der Waals surface area contributed by atoms with Gasteiger partial charge in [0.25, 0.3) is 0 Å². The number of hydrogen-bond acceptors (Lipinski definition) is 10. The lowest BCUT2D eigenvalue weighted by Gasteiger charge is -2.30. The number of benzene rings is 2. The molecule has 0 fully saturated rings. The first-order valence-corrected chi connectivity index (χ1v) is 12.2. The highest BCUT2D eigenvalue weighted by atomic mass is 19.2. The lowest BCUT2D eigenvalue weighted by atomic mass is 9.98. The SMILES string of the molecule is CCCCCCN1COc2nc(-c3cc(O)cc4ccc(F)c(OC(O)(O)F)c34)c(F)c3nc(OC)nc1c23. The zero-order valence-corrected chi connectivity index (χ0v) is 21.0. The number of methoxy groups -OCH3 is 1. The lowest BCUT2D eigenvalue weighted by Crippen LogP contribution is -2.33. The smallest absolute Gasteiger partial charge is 0.492 e. The van der Waals surface area contributed by atoms with Crippen LogP contribution in [0, 0.1) is 11.6 Å². The third-order valence-electron chi connectivity index (χ3n) is 6.33. The van der Waals surface area contributed by atoms with Gasteiger partial charge in [-0.25, -0.2) is 13.8 Å². The van der Waals surface area contributed by atoms with Gasteiger partial charge in [0.05, 0.1) is 7.11 Å². The molecule has 13 heteroatoms. The summed E-state index contributed by atoms with van der Waals surface area (Å²) in [6, 6.07) is 4.20. The van der Waals surface area contributed by atoms with Crippen LogP contribution in [0.15, 0.2) is 24.3 Å². The van der Waals surface area contributed by atoms with Crippen LogP contribution in [0.4, 0.5) is 19.0 Å². The van der Waals surface area contributed by atoms with Gasteiger partial charge in [-0.1, -0.05) is 32.3 Å². The summed E-state index contributed by atoms with van der Waals surface area (Å²) in [7, 11) is 1.34. The van der Waals surface area contributed by atoms with Gasteiger partial charge in [-0.15, -0.1) is 4.39 Å². The van der Waals surface area contributed by atoms with Crippen molar-refractivity contribution in [2.45, 2.75) is 38.8 Å². The molecule has 3 N–H and O–H groups in total. The Morgan fingerprint density at radius 3 is 2.59 bits per heavy atom. The number of ether oxygens (including phenoxy) is 3. The van der Waals surface area contributed by atoms with E-state index in [1.54, 1.807) is 0 Å². The van der Waals surface area contributed by atoms with Gasteiger partial charge in [0.2, 0.25) is 5.88 Å². The minimum absolute atomic E-state index is 0.0246. The van der Waals surface area contributed by atoms with Crippen molar-refractivity contribution in [3.8, 4) is 34.6 Å². The van der Waals surface area contributed by atoms with Crippen LogP contribution in [0.25, 0.3) is 32.9 Å². The minimum atomic E-state index is -4.25. The van der Waals surface area contributed by atoms with Gasteiger partial charge >= 0.3 is 12.2 Å². The molecule has 0 aliphatic carbocycles. The molecule has 2 aromatic heterocycles. The number of hydrogen-bond donors (Lipinski definition) is 3. The molecule has 10 nitrogen and oxygen atoms in total. The molecule has 1 aliphatic heterocycles. The Kier molecular flexibility index (Phi) is 6.95. The van der Waals surface area contributed by atoms with Crippen molar-refractivity contribution in [2.24, 2.45) is 0 Å². The van der Waals surface area contributed by atoms with Gasteiger partial charge in [-0.05, 0) is 30.0 Å². The molecule has 0 spiro atoms. The van der Waals surface area contributed by atoms with E-state index >= 15 is 4.39 Å². The second-order valence-electron chi connectivity index (χ2n) is 9.03. The number of pyridine rings is 1. The van der Waals surface area contributed by atoms with Gasteiger partial charge in [0.1, 0.15) is 22.3 Å². The second kappa shape index (κ2) is 10.2. The van der Waals surface area contributed by atoms with Gasteiger partial charge in [0.15, 0.2) is 29.9 Å². The predicted octanol–water partition coefficient (Wildman–Crippen LogP) is 4.52. The van der Waals surface area contributed by atoms with Crippen molar-refractivity contribution in [3.05, 3.63) is 35.9 Å². The van der Waals surface area contributed by atoms with Crippen LogP contribution in [0.1, 0.15) is 32.6 Å². The monoisotopic (exact) mass is 546 g/mol. The number of aliphatic hydroxyl groups is 2. The van der Waals surface area contributed by atoms with E-state index in [-0.39, 0.29) is 51.6 Å². The van der Waals surface area contributed by atoms with Crippen molar-refractivity contribution in [1.29, 1.82) is 0 Å². The minimum Gasteiger partial charge on any atom is -0.508 e. The van der Waals surface area contributed by atoms with Crippen molar-refractivity contribution in [2.75, 3.05) is 25.3 Å². The number of alkyl halides is 1. The molecule has 206 valence electrons. The molecule has 1 aliphatic rings. The van der Waals surface area contributed by atoms with Crippen LogP contribution in [-0.4, -0.2) is 56.9 Å². The van der Waals surface area contributed by atoms with E-state index in [1.165, 1.54) is 19.2 Å². The molecule has 4 aromatic rings. The van der Waals surface area contributed by atoms with Crippen LogP contribution in [-0.2, 0) is 0 Å². The molecule has 5 rings (SSSR count). The Morgan fingerprint density at radius 1 is 1.08 bits per heavy atom. The maximum Gasteiger partial charge on any atom is 0.492 e. The molecule has 0 saturated heterocycles. The van der Waals surface area contributed by atoms with E-state index in [2.05, 4.69) is 26.6 Å². The van der Waals surface area contributed by atoms with Gasteiger partial charge in [0, 0.05) is 17.5 Å². The van der Waals surface area contributed by atoms with E-state index < -0.39 is 29.3 Å². The summed E-state index contributed by atoms with van der Waals surface area (Å²) in [5.41, 5.74) is -0.906. The first-order chi connectivity index (χ1) is 18.6. The predicted molar refractivity (Wildman–Crippen MR) is 134 cm³/mol. The normalized spacial score (nSPS) is 13.2. The van der Waals surface area contributed by atoms with E-state index in [4.69, 9.17) is 19.7 Å². The Hall–Kier alpha value is -4.10. The first-order valence-electron chi connectivity index (χ1n) is 12.2. The molecule has 39 heavy (non-hydrogen) atoms. The van der Waals surface area contributed by atoms with E-state index in [0.29, 0.717) is 12.4 Å². The summed E-state index contributed by atoms with van der Waals surface area (Å²) in [5, 5.41) is 28.7. The maximum absolute atomic E-state index is 16.2. The highest BCUT2D eigenvalue weighted by Gasteiger charge is 2.32. The largest absolute Gasteiger partial charge is 0.508 e. The fourth-order valence-electron chi connectivity index (χ4n) is 4.61. The highest BCUT2D eigenvalue weighted by Crippen LogP contribution is 2.45. The summed E-state index contributed by atoms with van der Waals surface area (Å²) in [5.74, 6) is -3.12. The Bertz CT molecular complexity index is 1560. The molecule has 0 saturated carbocycles. The number of halogens is 3. The summed E-state index contributed by atoms with van der Waals surface area (Å²) < 4.78 is 60.1. The third-order valence-corrected chi connectivity index (χ3v) is 6.33. The summed E-state index contributed by atoms with van der Waals surface area (Å²) in [6.45, 7) is 2.74. The molecule has 0 amide bonds. The molecule has 0 bridgehead atoms. The second-order valence-corrected chi connectivity index (χ2v) is 9.03. The Morgan fingerprint density at radius 2 is 1.87 bits per heavy atom. The van der Waals surface area contributed by atoms with Crippen molar-refractivity contribution >= 4 is 27.5 Å². The van der Waals surface area contributed by atoms with Gasteiger partial charge in [-0.3, -0.25) is 0 Å². The van der Waals surface area contributed by atoms with Crippen LogP contribution in [0.3, 0.4) is 0 Å². The quantitative estimate of drug-likeness (QED) is 0.204. The van der Waals surface area contributed by atoms with Crippen molar-refractivity contribution in [3.63, 3.8) is 0 Å². The summed E-state index contributed by atoms with van der Waals surface area (Å²) >= 11 is 0. The zero-order chi connectivity index (χ0) is 27.9. The van der Waals surface area contributed by atoms with Crippen molar-refractivity contribution < 1.29 is 42.7 Å². The molecule has 2 aromatic carbocycles.